The molecule has 0 radical (unpaired) electrons. The van der Waals surface area contributed by atoms with Gasteiger partial charge in [-0.3, -0.25) is 10.1 Å². The van der Waals surface area contributed by atoms with E-state index >= 15 is 0 Å². The maximum Gasteiger partial charge on any atom is 0.277 e. The standard InChI is InChI=1S/C17H11N3O2/c18-10-12(15-6-2-4-8-17(15)20(21)22)9-13-11-19-16-7-3-1-5-14(13)16/h1-9,11,19H/b12-9-. The summed E-state index contributed by atoms with van der Waals surface area (Å²) in [4.78, 5) is 13.8. The van der Waals surface area contributed by atoms with Crippen LogP contribution in [0.25, 0.3) is 22.6 Å². The highest BCUT2D eigenvalue weighted by molar-refractivity contribution is 5.99. The molecule has 0 saturated carbocycles. The van der Waals surface area contributed by atoms with Crippen molar-refractivity contribution in [2.24, 2.45) is 0 Å². The fraction of sp³-hybridized carbons (Fsp3) is 0. The van der Waals surface area contributed by atoms with Gasteiger partial charge in [0.15, 0.2) is 0 Å². The summed E-state index contributed by atoms with van der Waals surface area (Å²) in [6.07, 6.45) is 3.46. The Bertz CT molecular complexity index is 932. The van der Waals surface area contributed by atoms with Crippen LogP contribution in [-0.2, 0) is 0 Å². The Hall–Kier alpha value is -3.39. The quantitative estimate of drug-likeness (QED) is 0.447. The summed E-state index contributed by atoms with van der Waals surface area (Å²) in [7, 11) is 0. The first-order chi connectivity index (χ1) is 10.7. The fourth-order valence-electron chi connectivity index (χ4n) is 2.40. The van der Waals surface area contributed by atoms with Crippen molar-refractivity contribution in [2.75, 3.05) is 0 Å². The largest absolute Gasteiger partial charge is 0.361 e. The Morgan fingerprint density at radius 3 is 2.68 bits per heavy atom. The van der Waals surface area contributed by atoms with Crippen LogP contribution in [0.2, 0.25) is 0 Å². The number of H-pyrrole nitrogens is 1. The van der Waals surface area contributed by atoms with Crippen molar-refractivity contribution in [1.82, 2.24) is 4.98 Å². The molecule has 1 heterocycles. The molecule has 2 aromatic carbocycles. The number of nitro groups is 1. The Kier molecular flexibility index (Phi) is 3.42. The highest BCUT2D eigenvalue weighted by Gasteiger charge is 2.16. The number of aromatic amines is 1. The zero-order valence-corrected chi connectivity index (χ0v) is 11.5. The van der Waals surface area contributed by atoms with Crippen LogP contribution < -0.4 is 0 Å². The average molecular weight is 289 g/mol. The van der Waals surface area contributed by atoms with Crippen LogP contribution in [-0.4, -0.2) is 9.91 Å². The number of para-hydroxylation sites is 2. The summed E-state index contributed by atoms with van der Waals surface area (Å²) in [5.74, 6) is 0. The van der Waals surface area contributed by atoms with Crippen molar-refractivity contribution >= 4 is 28.2 Å². The van der Waals surface area contributed by atoms with E-state index in [-0.39, 0.29) is 11.3 Å². The number of nitrogens with one attached hydrogen (secondary N) is 1. The Morgan fingerprint density at radius 1 is 1.18 bits per heavy atom. The molecule has 0 bridgehead atoms. The highest BCUT2D eigenvalue weighted by Crippen LogP contribution is 2.28. The zero-order valence-electron chi connectivity index (χ0n) is 11.5. The molecule has 0 spiro atoms. The van der Waals surface area contributed by atoms with E-state index in [4.69, 9.17) is 0 Å². The summed E-state index contributed by atoms with van der Waals surface area (Å²) < 4.78 is 0. The van der Waals surface area contributed by atoms with E-state index in [1.165, 1.54) is 6.07 Å². The van der Waals surface area contributed by atoms with Gasteiger partial charge in [-0.25, -0.2) is 0 Å². The van der Waals surface area contributed by atoms with Gasteiger partial charge in [-0.2, -0.15) is 5.26 Å². The Morgan fingerprint density at radius 2 is 1.91 bits per heavy atom. The molecule has 0 aliphatic heterocycles. The molecular weight excluding hydrogens is 278 g/mol. The number of allylic oxidation sites excluding steroid dienone is 1. The third-order valence-electron chi connectivity index (χ3n) is 3.43. The molecular formula is C17H11N3O2. The maximum atomic E-state index is 11.1. The number of aromatic nitrogens is 1. The van der Waals surface area contributed by atoms with Gasteiger partial charge < -0.3 is 4.98 Å². The van der Waals surface area contributed by atoms with E-state index in [1.54, 1.807) is 30.5 Å². The highest BCUT2D eigenvalue weighted by atomic mass is 16.6. The van der Waals surface area contributed by atoms with Crippen LogP contribution >= 0.6 is 0 Å². The second-order valence-corrected chi connectivity index (χ2v) is 4.73. The number of nitro benzene ring substituents is 1. The van der Waals surface area contributed by atoms with E-state index in [2.05, 4.69) is 11.1 Å². The molecule has 0 aliphatic rings. The van der Waals surface area contributed by atoms with Gasteiger partial charge in [0.05, 0.1) is 16.1 Å². The van der Waals surface area contributed by atoms with Crippen LogP contribution in [0.5, 0.6) is 0 Å². The van der Waals surface area contributed by atoms with Crippen molar-refractivity contribution < 1.29 is 4.92 Å². The van der Waals surface area contributed by atoms with Crippen LogP contribution in [0.4, 0.5) is 5.69 Å². The van der Waals surface area contributed by atoms with Gasteiger partial charge in [0, 0.05) is 28.7 Å². The number of benzene rings is 2. The Labute approximate surface area is 126 Å². The van der Waals surface area contributed by atoms with Gasteiger partial charge in [0.1, 0.15) is 6.07 Å². The number of nitriles is 1. The minimum absolute atomic E-state index is 0.0739. The number of nitrogens with zero attached hydrogens (tertiary/aromatic N) is 2. The minimum atomic E-state index is -0.476. The van der Waals surface area contributed by atoms with Gasteiger partial charge >= 0.3 is 0 Å². The van der Waals surface area contributed by atoms with Crippen molar-refractivity contribution in [1.29, 1.82) is 5.26 Å². The summed E-state index contributed by atoms with van der Waals surface area (Å²) in [5.41, 5.74) is 2.28. The summed E-state index contributed by atoms with van der Waals surface area (Å²) in [6, 6.07) is 16.0. The summed E-state index contributed by atoms with van der Waals surface area (Å²) in [6.45, 7) is 0. The molecule has 0 aliphatic carbocycles. The molecule has 106 valence electrons. The third kappa shape index (κ3) is 2.34. The topological polar surface area (TPSA) is 82.7 Å². The SMILES string of the molecule is N#C/C(=C/c1c[nH]c2ccccc12)c1ccccc1[N+](=O)[O-]. The van der Waals surface area contributed by atoms with Crippen molar-refractivity contribution in [3.8, 4) is 6.07 Å². The average Bonchev–Trinajstić information content (AvgIpc) is 2.95. The minimum Gasteiger partial charge on any atom is -0.361 e. The molecule has 3 aromatic rings. The second kappa shape index (κ2) is 5.54. The molecule has 0 fully saturated rings. The molecule has 5 heteroatoms. The Balaban J connectivity index is 2.17. The van der Waals surface area contributed by atoms with Gasteiger partial charge in [-0.05, 0) is 18.2 Å². The van der Waals surface area contributed by atoms with Crippen LogP contribution in [0.1, 0.15) is 11.1 Å². The van der Waals surface area contributed by atoms with E-state index in [1.807, 2.05) is 24.3 Å². The maximum absolute atomic E-state index is 11.1. The van der Waals surface area contributed by atoms with Gasteiger partial charge in [-0.15, -0.1) is 0 Å². The molecule has 0 amide bonds. The van der Waals surface area contributed by atoms with E-state index in [9.17, 15) is 15.4 Å². The molecule has 0 atom stereocenters. The predicted molar refractivity (Wildman–Crippen MR) is 84.9 cm³/mol. The van der Waals surface area contributed by atoms with Gasteiger partial charge in [0.25, 0.3) is 5.69 Å². The smallest absolute Gasteiger partial charge is 0.277 e. The number of hydrogen-bond acceptors (Lipinski definition) is 3. The van der Waals surface area contributed by atoms with Crippen LogP contribution in [0.3, 0.4) is 0 Å². The fourth-order valence-corrected chi connectivity index (χ4v) is 2.40. The lowest BCUT2D eigenvalue weighted by Gasteiger charge is -2.01. The van der Waals surface area contributed by atoms with Crippen molar-refractivity contribution in [3.63, 3.8) is 0 Å². The van der Waals surface area contributed by atoms with Crippen LogP contribution in [0, 0.1) is 21.4 Å². The van der Waals surface area contributed by atoms with E-state index < -0.39 is 4.92 Å². The first-order valence-electron chi connectivity index (χ1n) is 6.62. The lowest BCUT2D eigenvalue weighted by Crippen LogP contribution is -1.93. The zero-order chi connectivity index (χ0) is 15.5. The van der Waals surface area contributed by atoms with E-state index in [0.29, 0.717) is 5.56 Å². The second-order valence-electron chi connectivity index (χ2n) is 4.73. The molecule has 1 N–H and O–H groups in total. The molecule has 0 saturated heterocycles. The van der Waals surface area contributed by atoms with Gasteiger partial charge in [0.2, 0.25) is 0 Å². The number of hydrogen-bond donors (Lipinski definition) is 1. The summed E-state index contributed by atoms with van der Waals surface area (Å²) in [5, 5.41) is 21.5. The lowest BCUT2D eigenvalue weighted by molar-refractivity contribution is -0.385. The molecule has 3 rings (SSSR count). The molecule has 5 nitrogen and oxygen atoms in total. The van der Waals surface area contributed by atoms with Crippen molar-refractivity contribution in [3.05, 3.63) is 76.0 Å². The lowest BCUT2D eigenvalue weighted by atomic mass is 10.0. The predicted octanol–water partition coefficient (Wildman–Crippen LogP) is 4.14. The van der Waals surface area contributed by atoms with Gasteiger partial charge in [-0.1, -0.05) is 30.3 Å². The molecule has 1 aromatic heterocycles. The summed E-state index contributed by atoms with van der Waals surface area (Å²) >= 11 is 0. The third-order valence-corrected chi connectivity index (χ3v) is 3.43. The normalized spacial score (nSPS) is 11.3. The first kappa shape index (κ1) is 13.6. The number of fused-ring (bicyclic) bond motifs is 1. The molecule has 0 unspecified atom stereocenters. The van der Waals surface area contributed by atoms with Crippen LogP contribution in [0.15, 0.2) is 54.7 Å². The monoisotopic (exact) mass is 289 g/mol. The van der Waals surface area contributed by atoms with Crippen molar-refractivity contribution in [2.45, 2.75) is 0 Å². The molecule has 22 heavy (non-hydrogen) atoms. The van der Waals surface area contributed by atoms with E-state index in [0.717, 1.165) is 16.5 Å². The first-order valence-corrected chi connectivity index (χ1v) is 6.62. The number of rotatable bonds is 3.